The number of amides is 2. The lowest BCUT2D eigenvalue weighted by Gasteiger charge is -2.06. The summed E-state index contributed by atoms with van der Waals surface area (Å²) in [6, 6.07) is 11.9. The van der Waals surface area contributed by atoms with Crippen LogP contribution in [0.1, 0.15) is 11.3 Å². The molecule has 0 spiro atoms. The molecule has 0 unspecified atom stereocenters. The highest BCUT2D eigenvalue weighted by Crippen LogP contribution is 2.28. The van der Waals surface area contributed by atoms with Gasteiger partial charge in [-0.1, -0.05) is 35.2 Å². The summed E-state index contributed by atoms with van der Waals surface area (Å²) in [4.78, 5) is 29.0. The van der Waals surface area contributed by atoms with Crippen molar-refractivity contribution >= 4 is 45.6 Å². The second-order valence-corrected chi connectivity index (χ2v) is 8.69. The third-order valence-corrected chi connectivity index (χ3v) is 6.16. The Morgan fingerprint density at radius 2 is 2.06 bits per heavy atom. The number of nitrogens with one attached hydrogen (secondary N) is 2. The Kier molecular flexibility index (Phi) is 6.14. The van der Waals surface area contributed by atoms with Crippen LogP contribution in [-0.2, 0) is 5.75 Å². The molecule has 158 valence electrons. The number of methoxy groups -OCH3 is 1. The number of carbonyl (C=O) groups is 1. The van der Waals surface area contributed by atoms with Gasteiger partial charge in [0.05, 0.1) is 12.8 Å². The van der Waals surface area contributed by atoms with E-state index in [4.69, 9.17) is 4.74 Å². The number of aromatic nitrogens is 4. The molecule has 4 rings (SSSR count). The van der Waals surface area contributed by atoms with Gasteiger partial charge in [-0.3, -0.25) is 14.5 Å². The number of rotatable bonds is 6. The van der Waals surface area contributed by atoms with Gasteiger partial charge >= 0.3 is 6.03 Å². The monoisotopic (exact) mass is 454 g/mol. The number of carbonyl (C=O) groups excluding carboxylic acids is 1. The minimum atomic E-state index is -0.430. The summed E-state index contributed by atoms with van der Waals surface area (Å²) < 4.78 is 7.32. The summed E-state index contributed by atoms with van der Waals surface area (Å²) in [5, 5.41) is 13.8. The van der Waals surface area contributed by atoms with E-state index in [1.807, 2.05) is 19.1 Å². The largest absolute Gasteiger partial charge is 0.497 e. The van der Waals surface area contributed by atoms with Gasteiger partial charge in [0.1, 0.15) is 11.4 Å². The standard InChI is InChI=1S/C20H18N6O3S2/c1-12-6-7-16-21-14(9-17(27)26(16)10-12)11-30-20-25-24-19(31-20)23-18(28)22-13-4-3-5-15(8-13)29-2/h3-10H,11H2,1-2H3,(H2,22,23,24,28). The number of thioether (sulfide) groups is 1. The Morgan fingerprint density at radius 3 is 2.90 bits per heavy atom. The average molecular weight is 455 g/mol. The van der Waals surface area contributed by atoms with Crippen molar-refractivity contribution in [2.45, 2.75) is 17.0 Å². The third-order valence-electron chi connectivity index (χ3n) is 4.16. The molecular weight excluding hydrogens is 436 g/mol. The zero-order valence-corrected chi connectivity index (χ0v) is 18.3. The molecule has 0 radical (unpaired) electrons. The summed E-state index contributed by atoms with van der Waals surface area (Å²) in [5.41, 5.74) is 2.71. The molecule has 2 N–H and O–H groups in total. The van der Waals surface area contributed by atoms with E-state index >= 15 is 0 Å². The number of urea groups is 1. The minimum Gasteiger partial charge on any atom is -0.497 e. The Hall–Kier alpha value is -3.44. The Morgan fingerprint density at radius 1 is 1.19 bits per heavy atom. The van der Waals surface area contributed by atoms with Gasteiger partial charge < -0.3 is 10.1 Å². The molecule has 0 fully saturated rings. The summed E-state index contributed by atoms with van der Waals surface area (Å²) in [6.07, 6.45) is 1.76. The molecule has 0 bridgehead atoms. The van der Waals surface area contributed by atoms with Gasteiger partial charge in [0, 0.05) is 29.8 Å². The van der Waals surface area contributed by atoms with Crippen LogP contribution in [0.3, 0.4) is 0 Å². The number of hydrogen-bond donors (Lipinski definition) is 2. The number of hydrogen-bond acceptors (Lipinski definition) is 8. The predicted molar refractivity (Wildman–Crippen MR) is 121 cm³/mol. The van der Waals surface area contributed by atoms with Crippen molar-refractivity contribution in [2.75, 3.05) is 17.7 Å². The summed E-state index contributed by atoms with van der Waals surface area (Å²) >= 11 is 2.64. The number of pyridine rings is 1. The van der Waals surface area contributed by atoms with Crippen LogP contribution in [0, 0.1) is 6.92 Å². The third kappa shape index (κ3) is 5.19. The van der Waals surface area contributed by atoms with Crippen LogP contribution >= 0.6 is 23.1 Å². The lowest BCUT2D eigenvalue weighted by Crippen LogP contribution is -2.19. The lowest BCUT2D eigenvalue weighted by molar-refractivity contribution is 0.262. The first kappa shape index (κ1) is 20.8. The number of nitrogens with zero attached hydrogens (tertiary/aromatic N) is 4. The van der Waals surface area contributed by atoms with E-state index in [-0.39, 0.29) is 5.56 Å². The minimum absolute atomic E-state index is 0.127. The molecule has 9 nitrogen and oxygen atoms in total. The molecule has 0 aliphatic heterocycles. The van der Waals surface area contributed by atoms with Gasteiger partial charge in [-0.25, -0.2) is 9.78 Å². The van der Waals surface area contributed by atoms with Crippen molar-refractivity contribution in [1.82, 2.24) is 19.6 Å². The van der Waals surface area contributed by atoms with E-state index in [2.05, 4.69) is 25.8 Å². The van der Waals surface area contributed by atoms with E-state index in [0.717, 1.165) is 5.56 Å². The van der Waals surface area contributed by atoms with E-state index in [1.54, 1.807) is 37.6 Å². The molecule has 0 aliphatic rings. The maximum atomic E-state index is 12.3. The van der Waals surface area contributed by atoms with Crippen molar-refractivity contribution in [3.8, 4) is 5.75 Å². The number of ether oxygens (including phenoxy) is 1. The molecule has 3 heterocycles. The maximum absolute atomic E-state index is 12.3. The van der Waals surface area contributed by atoms with E-state index in [9.17, 15) is 9.59 Å². The van der Waals surface area contributed by atoms with Gasteiger partial charge in [-0.15, -0.1) is 10.2 Å². The summed E-state index contributed by atoms with van der Waals surface area (Å²) in [6.45, 7) is 1.92. The molecule has 11 heteroatoms. The van der Waals surface area contributed by atoms with Gasteiger partial charge in [0.25, 0.3) is 5.56 Å². The summed E-state index contributed by atoms with van der Waals surface area (Å²) in [7, 11) is 1.56. The molecule has 0 saturated heterocycles. The fraction of sp³-hybridized carbons (Fsp3) is 0.150. The van der Waals surface area contributed by atoms with Gasteiger partial charge in [-0.2, -0.15) is 0 Å². The molecule has 3 aromatic heterocycles. The van der Waals surface area contributed by atoms with Crippen LogP contribution in [-0.4, -0.2) is 32.7 Å². The molecule has 0 atom stereocenters. The Balaban J connectivity index is 1.37. The van der Waals surface area contributed by atoms with Crippen molar-refractivity contribution in [3.05, 3.63) is 70.3 Å². The maximum Gasteiger partial charge on any atom is 0.325 e. The van der Waals surface area contributed by atoms with Crippen LogP contribution in [0.2, 0.25) is 0 Å². The fourth-order valence-corrected chi connectivity index (χ4v) is 4.39. The molecule has 0 saturated carbocycles. The van der Waals surface area contributed by atoms with E-state index in [1.165, 1.54) is 33.6 Å². The first-order chi connectivity index (χ1) is 15.0. The van der Waals surface area contributed by atoms with Crippen molar-refractivity contribution < 1.29 is 9.53 Å². The first-order valence-corrected chi connectivity index (χ1v) is 11.0. The Labute approximate surface area is 185 Å². The van der Waals surface area contributed by atoms with Gasteiger partial charge in [0.15, 0.2) is 4.34 Å². The normalized spacial score (nSPS) is 10.8. The van der Waals surface area contributed by atoms with E-state index in [0.29, 0.717) is 38.0 Å². The van der Waals surface area contributed by atoms with Gasteiger partial charge in [-0.05, 0) is 30.7 Å². The molecule has 1 aromatic carbocycles. The SMILES string of the molecule is COc1cccc(NC(=O)Nc2nnc(SCc3cc(=O)n4cc(C)ccc4n3)s2)c1. The molecule has 0 aliphatic carbocycles. The average Bonchev–Trinajstić information content (AvgIpc) is 3.20. The Bertz CT molecular complexity index is 1300. The number of anilines is 2. The van der Waals surface area contributed by atoms with E-state index < -0.39 is 6.03 Å². The lowest BCUT2D eigenvalue weighted by atomic mass is 10.3. The fourth-order valence-electron chi connectivity index (χ4n) is 2.75. The van der Waals surface area contributed by atoms with Crippen LogP contribution in [0.25, 0.3) is 5.65 Å². The number of fused-ring (bicyclic) bond motifs is 1. The highest BCUT2D eigenvalue weighted by molar-refractivity contribution is 8.00. The zero-order valence-electron chi connectivity index (χ0n) is 16.7. The highest BCUT2D eigenvalue weighted by Gasteiger charge is 2.11. The zero-order chi connectivity index (χ0) is 21.8. The van der Waals surface area contributed by atoms with Crippen molar-refractivity contribution in [1.29, 1.82) is 0 Å². The summed E-state index contributed by atoms with van der Waals surface area (Å²) in [5.74, 6) is 1.11. The van der Waals surface area contributed by atoms with Crippen LogP contribution < -0.4 is 20.9 Å². The van der Waals surface area contributed by atoms with Crippen LogP contribution in [0.4, 0.5) is 15.6 Å². The number of benzene rings is 1. The second kappa shape index (κ2) is 9.14. The topological polar surface area (TPSA) is 111 Å². The second-order valence-electron chi connectivity index (χ2n) is 6.49. The van der Waals surface area contributed by atoms with Gasteiger partial charge in [0.2, 0.25) is 5.13 Å². The van der Waals surface area contributed by atoms with Crippen molar-refractivity contribution in [3.63, 3.8) is 0 Å². The van der Waals surface area contributed by atoms with Crippen LogP contribution in [0.5, 0.6) is 5.75 Å². The van der Waals surface area contributed by atoms with Crippen molar-refractivity contribution in [2.24, 2.45) is 0 Å². The molecule has 4 aromatic rings. The van der Waals surface area contributed by atoms with Crippen LogP contribution in [0.15, 0.2) is 57.8 Å². The predicted octanol–water partition coefficient (Wildman–Crippen LogP) is 3.80. The molecule has 2 amide bonds. The molecule has 31 heavy (non-hydrogen) atoms. The number of aryl methyl sites for hydroxylation is 1. The quantitative estimate of drug-likeness (QED) is 0.337. The first-order valence-electron chi connectivity index (χ1n) is 9.17. The highest BCUT2D eigenvalue weighted by atomic mass is 32.2. The molecular formula is C20H18N6O3S2. The smallest absolute Gasteiger partial charge is 0.325 e.